The van der Waals surface area contributed by atoms with E-state index in [4.69, 9.17) is 14.0 Å². The molecule has 1 N–H and O–H groups in total. The number of nitrogens with zero attached hydrogens (tertiary/aromatic N) is 3. The van der Waals surface area contributed by atoms with E-state index in [0.717, 1.165) is 0 Å². The van der Waals surface area contributed by atoms with E-state index >= 15 is 0 Å². The fraction of sp³-hybridized carbons (Fsp3) is 0.211. The molecule has 144 valence electrons. The number of benzene rings is 1. The van der Waals surface area contributed by atoms with E-state index in [1.165, 1.54) is 0 Å². The zero-order valence-electron chi connectivity index (χ0n) is 15.1. The van der Waals surface area contributed by atoms with Gasteiger partial charge in [0.05, 0.1) is 0 Å². The van der Waals surface area contributed by atoms with Crippen LogP contribution < -0.4 is 10.1 Å². The van der Waals surface area contributed by atoms with E-state index in [1.54, 1.807) is 55.7 Å². The number of esters is 1. The van der Waals surface area contributed by atoms with Gasteiger partial charge in [-0.15, -0.1) is 0 Å². The van der Waals surface area contributed by atoms with Gasteiger partial charge in [-0.3, -0.25) is 14.6 Å². The Bertz CT molecular complexity index is 914. The average Bonchev–Trinajstić information content (AvgIpc) is 3.23. The largest absolute Gasteiger partial charge is 0.484 e. The van der Waals surface area contributed by atoms with Crippen molar-refractivity contribution in [2.24, 2.45) is 0 Å². The maximum atomic E-state index is 11.9. The highest BCUT2D eigenvalue weighted by Crippen LogP contribution is 2.19. The Balaban J connectivity index is 1.43. The van der Waals surface area contributed by atoms with Gasteiger partial charge in [-0.25, -0.2) is 0 Å². The van der Waals surface area contributed by atoms with Crippen molar-refractivity contribution in [3.05, 3.63) is 60.7 Å². The second-order valence-electron chi connectivity index (χ2n) is 5.71. The summed E-state index contributed by atoms with van der Waals surface area (Å²) in [4.78, 5) is 31.8. The van der Waals surface area contributed by atoms with Crippen LogP contribution in [0.2, 0.25) is 0 Å². The first-order valence-electron chi connectivity index (χ1n) is 8.50. The Morgan fingerprint density at radius 3 is 2.75 bits per heavy atom. The molecular formula is C19H18N4O5. The standard InChI is InChI=1S/C19H18N4O5/c1-13(19-22-18(23-28-19)14-6-5-9-20-10-14)27-17(25)11-21-16(24)12-26-15-7-3-2-4-8-15/h2-10,13H,11-12H2,1H3,(H,21,24). The Morgan fingerprint density at radius 2 is 2.00 bits per heavy atom. The molecule has 1 atom stereocenters. The van der Waals surface area contributed by atoms with E-state index in [1.807, 2.05) is 6.07 Å². The van der Waals surface area contributed by atoms with Gasteiger partial charge in [0, 0.05) is 18.0 Å². The predicted octanol–water partition coefficient (Wildman–Crippen LogP) is 1.93. The minimum Gasteiger partial charge on any atom is -0.484 e. The van der Waals surface area contributed by atoms with Crippen LogP contribution in [-0.2, 0) is 14.3 Å². The number of para-hydroxylation sites is 1. The van der Waals surface area contributed by atoms with Crippen LogP contribution in [0.4, 0.5) is 0 Å². The van der Waals surface area contributed by atoms with Crippen molar-refractivity contribution < 1.29 is 23.6 Å². The summed E-state index contributed by atoms with van der Waals surface area (Å²) in [7, 11) is 0. The van der Waals surface area contributed by atoms with Crippen LogP contribution >= 0.6 is 0 Å². The highest BCUT2D eigenvalue weighted by molar-refractivity contribution is 5.82. The zero-order chi connectivity index (χ0) is 19.8. The van der Waals surface area contributed by atoms with Crippen molar-refractivity contribution in [2.45, 2.75) is 13.0 Å². The number of pyridine rings is 1. The smallest absolute Gasteiger partial charge is 0.326 e. The molecule has 9 nitrogen and oxygen atoms in total. The van der Waals surface area contributed by atoms with Crippen molar-refractivity contribution in [1.82, 2.24) is 20.4 Å². The van der Waals surface area contributed by atoms with E-state index in [2.05, 4.69) is 20.4 Å². The molecular weight excluding hydrogens is 364 g/mol. The summed E-state index contributed by atoms with van der Waals surface area (Å²) in [6, 6.07) is 12.4. The fourth-order valence-electron chi connectivity index (χ4n) is 2.19. The lowest BCUT2D eigenvalue weighted by Gasteiger charge is -2.10. The van der Waals surface area contributed by atoms with Crippen LogP contribution in [0.3, 0.4) is 0 Å². The lowest BCUT2D eigenvalue weighted by Crippen LogP contribution is -2.34. The SMILES string of the molecule is CC(OC(=O)CNC(=O)COc1ccccc1)c1nc(-c2cccnc2)no1. The number of carbonyl (C=O) groups excluding carboxylic acids is 2. The first-order chi connectivity index (χ1) is 13.6. The third-order valence-corrected chi connectivity index (χ3v) is 3.56. The summed E-state index contributed by atoms with van der Waals surface area (Å²) in [5.74, 6) is -0.0234. The lowest BCUT2D eigenvalue weighted by molar-refractivity contribution is -0.149. The van der Waals surface area contributed by atoms with E-state index in [0.29, 0.717) is 17.1 Å². The van der Waals surface area contributed by atoms with Gasteiger partial charge in [0.1, 0.15) is 12.3 Å². The van der Waals surface area contributed by atoms with Crippen LogP contribution in [0, 0.1) is 0 Å². The molecule has 0 aliphatic rings. The van der Waals surface area contributed by atoms with Gasteiger partial charge in [-0.1, -0.05) is 23.4 Å². The summed E-state index contributed by atoms with van der Waals surface area (Å²) in [6.45, 7) is 1.09. The normalized spacial score (nSPS) is 11.5. The van der Waals surface area contributed by atoms with Crippen molar-refractivity contribution >= 4 is 11.9 Å². The Kier molecular flexibility index (Phi) is 6.29. The topological polar surface area (TPSA) is 116 Å². The first kappa shape index (κ1) is 19.0. The van der Waals surface area contributed by atoms with Crippen molar-refractivity contribution in [2.75, 3.05) is 13.2 Å². The minimum absolute atomic E-state index is 0.144. The molecule has 0 aliphatic carbocycles. The molecule has 1 aromatic carbocycles. The molecule has 3 aromatic rings. The van der Waals surface area contributed by atoms with Gasteiger partial charge < -0.3 is 19.3 Å². The summed E-state index contributed by atoms with van der Waals surface area (Å²) in [5, 5.41) is 6.27. The highest BCUT2D eigenvalue weighted by atomic mass is 16.6. The molecule has 0 saturated carbocycles. The number of carbonyl (C=O) groups is 2. The van der Waals surface area contributed by atoms with Crippen LogP contribution in [0.25, 0.3) is 11.4 Å². The van der Waals surface area contributed by atoms with Gasteiger partial charge in [0.15, 0.2) is 12.7 Å². The molecule has 0 bridgehead atoms. The van der Waals surface area contributed by atoms with Crippen LogP contribution in [0.15, 0.2) is 59.4 Å². The number of nitrogens with one attached hydrogen (secondary N) is 1. The summed E-state index contributed by atoms with van der Waals surface area (Å²) < 4.78 is 15.6. The lowest BCUT2D eigenvalue weighted by atomic mass is 10.3. The summed E-state index contributed by atoms with van der Waals surface area (Å²) in [6.07, 6.45) is 2.47. The number of hydrogen-bond donors (Lipinski definition) is 1. The first-order valence-corrected chi connectivity index (χ1v) is 8.50. The summed E-state index contributed by atoms with van der Waals surface area (Å²) in [5.41, 5.74) is 0.682. The molecule has 0 radical (unpaired) electrons. The Hall–Kier alpha value is -3.75. The van der Waals surface area contributed by atoms with E-state index in [9.17, 15) is 9.59 Å². The van der Waals surface area contributed by atoms with E-state index < -0.39 is 18.0 Å². The predicted molar refractivity (Wildman–Crippen MR) is 97.0 cm³/mol. The van der Waals surface area contributed by atoms with Crippen LogP contribution in [0.5, 0.6) is 5.75 Å². The number of rotatable bonds is 8. The monoisotopic (exact) mass is 382 g/mol. The van der Waals surface area contributed by atoms with Crippen molar-refractivity contribution in [3.8, 4) is 17.1 Å². The maximum Gasteiger partial charge on any atom is 0.326 e. The van der Waals surface area contributed by atoms with Gasteiger partial charge in [0.25, 0.3) is 11.8 Å². The maximum absolute atomic E-state index is 11.9. The Morgan fingerprint density at radius 1 is 1.18 bits per heavy atom. The molecule has 28 heavy (non-hydrogen) atoms. The highest BCUT2D eigenvalue weighted by Gasteiger charge is 2.19. The third-order valence-electron chi connectivity index (χ3n) is 3.56. The second kappa shape index (κ2) is 9.26. The molecule has 1 amide bonds. The van der Waals surface area contributed by atoms with Gasteiger partial charge in [0.2, 0.25) is 5.82 Å². The average molecular weight is 382 g/mol. The molecule has 1 unspecified atom stereocenters. The number of aromatic nitrogens is 3. The van der Waals surface area contributed by atoms with Crippen LogP contribution in [0.1, 0.15) is 18.9 Å². The van der Waals surface area contributed by atoms with Crippen molar-refractivity contribution in [3.63, 3.8) is 0 Å². The molecule has 0 spiro atoms. The third kappa shape index (κ3) is 5.37. The van der Waals surface area contributed by atoms with Gasteiger partial charge in [-0.2, -0.15) is 4.98 Å². The van der Waals surface area contributed by atoms with E-state index in [-0.39, 0.29) is 19.0 Å². The minimum atomic E-state index is -0.761. The Labute approximate surface area is 160 Å². The second-order valence-corrected chi connectivity index (χ2v) is 5.71. The molecule has 2 aromatic heterocycles. The number of amides is 1. The van der Waals surface area contributed by atoms with Gasteiger partial charge >= 0.3 is 5.97 Å². The van der Waals surface area contributed by atoms with Crippen LogP contribution in [-0.4, -0.2) is 40.2 Å². The molecule has 0 aliphatic heterocycles. The molecule has 0 fully saturated rings. The molecule has 0 saturated heterocycles. The zero-order valence-corrected chi connectivity index (χ0v) is 15.1. The van der Waals surface area contributed by atoms with Crippen molar-refractivity contribution in [1.29, 1.82) is 0 Å². The number of hydrogen-bond acceptors (Lipinski definition) is 8. The summed E-state index contributed by atoms with van der Waals surface area (Å²) >= 11 is 0. The fourth-order valence-corrected chi connectivity index (χ4v) is 2.19. The molecule has 9 heteroatoms. The quantitative estimate of drug-likeness (QED) is 0.588. The number of ether oxygens (including phenoxy) is 2. The molecule has 2 heterocycles. The van der Waals surface area contributed by atoms with Gasteiger partial charge in [-0.05, 0) is 31.2 Å². The molecule has 3 rings (SSSR count).